The molecule has 0 unspecified atom stereocenters. The van der Waals surface area contributed by atoms with Crippen molar-refractivity contribution in [1.29, 1.82) is 0 Å². The quantitative estimate of drug-likeness (QED) is 0.750. The minimum Gasteiger partial charge on any atom is -0.504 e. The second-order valence-electron chi connectivity index (χ2n) is 5.11. The van der Waals surface area contributed by atoms with Crippen LogP contribution >= 0.6 is 0 Å². The average molecular weight is 312 g/mol. The molecule has 5 heteroatoms. The zero-order valence-electron chi connectivity index (χ0n) is 13.0. The summed E-state index contributed by atoms with van der Waals surface area (Å²) in [5.74, 6) is 1.08. The summed E-state index contributed by atoms with van der Waals surface area (Å²) < 4.78 is 15.9. The zero-order chi connectivity index (χ0) is 16.6. The molecular weight excluding hydrogens is 296 g/mol. The van der Waals surface area contributed by atoms with Crippen molar-refractivity contribution >= 4 is 11.0 Å². The minimum atomic E-state index is -0.528. The summed E-state index contributed by atoms with van der Waals surface area (Å²) in [5.41, 5.74) is 1.40. The number of rotatable bonds is 3. The molecule has 0 aliphatic rings. The summed E-state index contributed by atoms with van der Waals surface area (Å²) in [6, 6.07) is 10.2. The third-order valence-electron chi connectivity index (χ3n) is 3.85. The van der Waals surface area contributed by atoms with Crippen LogP contribution in [0.2, 0.25) is 0 Å². The Balaban J connectivity index is 2.35. The van der Waals surface area contributed by atoms with Crippen molar-refractivity contribution in [2.45, 2.75) is 6.92 Å². The van der Waals surface area contributed by atoms with Crippen molar-refractivity contribution in [2.24, 2.45) is 0 Å². The van der Waals surface area contributed by atoms with Crippen LogP contribution in [0.3, 0.4) is 0 Å². The molecule has 1 N–H and O–H groups in total. The molecule has 0 spiro atoms. The SMILES string of the molecule is COc1ccc(-c2c(C)c3cccc(O)c3oc2=O)c(OC)c1. The normalized spacial score (nSPS) is 10.7. The van der Waals surface area contributed by atoms with Crippen LogP contribution < -0.4 is 15.1 Å². The summed E-state index contributed by atoms with van der Waals surface area (Å²) in [6.07, 6.45) is 0. The molecular formula is C18H16O5. The number of hydrogen-bond donors (Lipinski definition) is 1. The van der Waals surface area contributed by atoms with Crippen molar-refractivity contribution in [3.8, 4) is 28.4 Å². The first kappa shape index (κ1) is 15.0. The largest absolute Gasteiger partial charge is 0.504 e. The van der Waals surface area contributed by atoms with Gasteiger partial charge in [0.25, 0.3) is 0 Å². The van der Waals surface area contributed by atoms with Gasteiger partial charge in [-0.25, -0.2) is 4.79 Å². The lowest BCUT2D eigenvalue weighted by Gasteiger charge is -2.13. The molecule has 0 saturated heterocycles. The van der Waals surface area contributed by atoms with Gasteiger partial charge < -0.3 is 19.0 Å². The lowest BCUT2D eigenvalue weighted by molar-refractivity contribution is 0.395. The van der Waals surface area contributed by atoms with E-state index >= 15 is 0 Å². The van der Waals surface area contributed by atoms with E-state index in [0.717, 1.165) is 5.56 Å². The molecule has 3 aromatic rings. The first-order chi connectivity index (χ1) is 11.1. The van der Waals surface area contributed by atoms with Crippen LogP contribution in [-0.4, -0.2) is 19.3 Å². The maximum atomic E-state index is 12.5. The van der Waals surface area contributed by atoms with Crippen LogP contribution in [0.15, 0.2) is 45.6 Å². The Morgan fingerprint density at radius 2 is 1.87 bits per heavy atom. The van der Waals surface area contributed by atoms with Crippen molar-refractivity contribution in [3.63, 3.8) is 0 Å². The van der Waals surface area contributed by atoms with E-state index in [0.29, 0.717) is 28.0 Å². The molecule has 0 fully saturated rings. The number of phenols is 1. The van der Waals surface area contributed by atoms with Gasteiger partial charge in [0.15, 0.2) is 11.3 Å². The third-order valence-corrected chi connectivity index (χ3v) is 3.85. The Hall–Kier alpha value is -2.95. The Morgan fingerprint density at radius 3 is 2.57 bits per heavy atom. The topological polar surface area (TPSA) is 68.9 Å². The molecule has 0 saturated carbocycles. The Labute approximate surface area is 132 Å². The highest BCUT2D eigenvalue weighted by Crippen LogP contribution is 2.36. The van der Waals surface area contributed by atoms with Crippen LogP contribution in [0.25, 0.3) is 22.1 Å². The lowest BCUT2D eigenvalue weighted by atomic mass is 9.98. The van der Waals surface area contributed by atoms with Gasteiger partial charge in [0.05, 0.1) is 19.8 Å². The Kier molecular flexibility index (Phi) is 3.70. The first-order valence-corrected chi connectivity index (χ1v) is 7.04. The van der Waals surface area contributed by atoms with E-state index in [2.05, 4.69) is 0 Å². The maximum absolute atomic E-state index is 12.5. The molecule has 5 nitrogen and oxygen atoms in total. The summed E-state index contributed by atoms with van der Waals surface area (Å²) >= 11 is 0. The average Bonchev–Trinajstić information content (AvgIpc) is 2.56. The van der Waals surface area contributed by atoms with Crippen molar-refractivity contribution in [1.82, 2.24) is 0 Å². The van der Waals surface area contributed by atoms with Gasteiger partial charge >= 0.3 is 5.63 Å². The molecule has 1 aromatic heterocycles. The maximum Gasteiger partial charge on any atom is 0.344 e. The molecule has 1 heterocycles. The third kappa shape index (κ3) is 2.40. The summed E-state index contributed by atoms with van der Waals surface area (Å²) in [7, 11) is 3.09. The molecule has 23 heavy (non-hydrogen) atoms. The molecule has 0 amide bonds. The number of para-hydroxylation sites is 1. The molecule has 0 aliphatic carbocycles. The van der Waals surface area contributed by atoms with Gasteiger partial charge in [-0.1, -0.05) is 12.1 Å². The Bertz CT molecular complexity index is 940. The van der Waals surface area contributed by atoms with Gasteiger partial charge in [0.1, 0.15) is 11.5 Å². The van der Waals surface area contributed by atoms with E-state index in [9.17, 15) is 9.90 Å². The molecule has 118 valence electrons. The second-order valence-corrected chi connectivity index (χ2v) is 5.11. The fourth-order valence-electron chi connectivity index (χ4n) is 2.68. The summed E-state index contributed by atoms with van der Waals surface area (Å²) in [6.45, 7) is 1.82. The van der Waals surface area contributed by atoms with Crippen LogP contribution in [0, 0.1) is 6.92 Å². The van der Waals surface area contributed by atoms with Gasteiger partial charge in [-0.05, 0) is 30.7 Å². The number of aryl methyl sites for hydroxylation is 1. The molecule has 0 atom stereocenters. The number of methoxy groups -OCH3 is 2. The monoisotopic (exact) mass is 312 g/mol. The number of fused-ring (bicyclic) bond motifs is 1. The highest BCUT2D eigenvalue weighted by molar-refractivity contribution is 5.90. The highest BCUT2D eigenvalue weighted by atomic mass is 16.5. The second kappa shape index (κ2) is 5.68. The number of benzene rings is 2. The predicted octanol–water partition coefficient (Wildman–Crippen LogP) is 3.49. The number of hydrogen-bond acceptors (Lipinski definition) is 5. The molecule has 0 aliphatic heterocycles. The number of aromatic hydroxyl groups is 1. The number of phenolic OH excluding ortho intramolecular Hbond substituents is 1. The van der Waals surface area contributed by atoms with E-state index in [1.54, 1.807) is 37.4 Å². The molecule has 2 aromatic carbocycles. The zero-order valence-corrected chi connectivity index (χ0v) is 13.0. The lowest BCUT2D eigenvalue weighted by Crippen LogP contribution is -2.07. The first-order valence-electron chi connectivity index (χ1n) is 7.04. The standard InChI is InChI=1S/C18H16O5/c1-10-12-5-4-6-14(19)17(12)23-18(20)16(10)13-8-7-11(21-2)9-15(13)22-3/h4-9,19H,1-3H3. The van der Waals surface area contributed by atoms with Crippen molar-refractivity contribution in [2.75, 3.05) is 14.2 Å². The van der Waals surface area contributed by atoms with Crippen LogP contribution in [0.4, 0.5) is 0 Å². The Morgan fingerprint density at radius 1 is 1.09 bits per heavy atom. The van der Waals surface area contributed by atoms with Gasteiger partial charge in [0, 0.05) is 17.0 Å². The molecule has 0 bridgehead atoms. The van der Waals surface area contributed by atoms with E-state index in [1.807, 2.05) is 6.92 Å². The minimum absolute atomic E-state index is 0.0593. The van der Waals surface area contributed by atoms with E-state index in [1.165, 1.54) is 13.2 Å². The predicted molar refractivity (Wildman–Crippen MR) is 87.4 cm³/mol. The van der Waals surface area contributed by atoms with Crippen LogP contribution in [0.5, 0.6) is 17.2 Å². The fourth-order valence-corrected chi connectivity index (χ4v) is 2.68. The highest BCUT2D eigenvalue weighted by Gasteiger charge is 2.18. The van der Waals surface area contributed by atoms with Gasteiger partial charge in [-0.2, -0.15) is 0 Å². The van der Waals surface area contributed by atoms with E-state index < -0.39 is 5.63 Å². The van der Waals surface area contributed by atoms with Crippen LogP contribution in [0.1, 0.15) is 5.56 Å². The van der Waals surface area contributed by atoms with E-state index in [-0.39, 0.29) is 11.3 Å². The fraction of sp³-hybridized carbons (Fsp3) is 0.167. The smallest absolute Gasteiger partial charge is 0.344 e. The summed E-state index contributed by atoms with van der Waals surface area (Å²) in [5, 5.41) is 10.6. The molecule has 3 rings (SSSR count). The summed E-state index contributed by atoms with van der Waals surface area (Å²) in [4.78, 5) is 12.5. The van der Waals surface area contributed by atoms with Crippen molar-refractivity contribution in [3.05, 3.63) is 52.4 Å². The van der Waals surface area contributed by atoms with Gasteiger partial charge in [0.2, 0.25) is 0 Å². The van der Waals surface area contributed by atoms with E-state index in [4.69, 9.17) is 13.9 Å². The van der Waals surface area contributed by atoms with Crippen molar-refractivity contribution < 1.29 is 19.0 Å². The van der Waals surface area contributed by atoms with Gasteiger partial charge in [-0.15, -0.1) is 0 Å². The number of ether oxygens (including phenoxy) is 2. The molecule has 0 radical (unpaired) electrons. The van der Waals surface area contributed by atoms with Gasteiger partial charge in [-0.3, -0.25) is 0 Å². The van der Waals surface area contributed by atoms with Crippen LogP contribution in [-0.2, 0) is 0 Å².